The van der Waals surface area contributed by atoms with Gasteiger partial charge in [-0.2, -0.15) is 0 Å². The van der Waals surface area contributed by atoms with E-state index >= 15 is 0 Å². The summed E-state index contributed by atoms with van der Waals surface area (Å²) in [5.41, 5.74) is 0. The molecule has 1 N–H and O–H groups in total. The van der Waals surface area contributed by atoms with Crippen LogP contribution in [0.3, 0.4) is 0 Å². The van der Waals surface area contributed by atoms with Crippen molar-refractivity contribution in [2.45, 2.75) is 56.7 Å². The topological polar surface area (TPSA) is 49.4 Å². The van der Waals surface area contributed by atoms with Crippen LogP contribution in [0.2, 0.25) is 0 Å². The van der Waals surface area contributed by atoms with Crippen LogP contribution in [0.4, 0.5) is 0 Å². The Morgan fingerprint density at radius 2 is 1.72 bits per heavy atom. The SMILES string of the molecule is CNC1CCC(N(C)C2CCCS(=O)(=O)C2)CC1. The molecule has 1 aliphatic carbocycles. The van der Waals surface area contributed by atoms with Gasteiger partial charge in [-0.3, -0.25) is 4.90 Å². The van der Waals surface area contributed by atoms with Crippen LogP contribution in [0.1, 0.15) is 38.5 Å². The molecular weight excluding hydrogens is 248 g/mol. The molecule has 1 unspecified atom stereocenters. The van der Waals surface area contributed by atoms with Gasteiger partial charge in [0.15, 0.2) is 9.84 Å². The van der Waals surface area contributed by atoms with Crippen molar-refractivity contribution in [3.8, 4) is 0 Å². The minimum absolute atomic E-state index is 0.250. The number of nitrogens with one attached hydrogen (secondary N) is 1. The van der Waals surface area contributed by atoms with Crippen LogP contribution in [-0.4, -0.2) is 57.0 Å². The fraction of sp³-hybridized carbons (Fsp3) is 1.00. The van der Waals surface area contributed by atoms with Crippen LogP contribution < -0.4 is 5.32 Å². The van der Waals surface area contributed by atoms with E-state index in [4.69, 9.17) is 0 Å². The lowest BCUT2D eigenvalue weighted by Gasteiger charge is -2.40. The summed E-state index contributed by atoms with van der Waals surface area (Å²) in [7, 11) is 1.37. The normalized spacial score (nSPS) is 36.7. The summed E-state index contributed by atoms with van der Waals surface area (Å²) in [6, 6.07) is 1.48. The zero-order valence-electron chi connectivity index (χ0n) is 11.6. The van der Waals surface area contributed by atoms with E-state index in [0.717, 1.165) is 12.8 Å². The third kappa shape index (κ3) is 3.45. The van der Waals surface area contributed by atoms with Gasteiger partial charge in [-0.1, -0.05) is 0 Å². The Balaban J connectivity index is 1.89. The third-order valence-corrected chi connectivity index (χ3v) is 6.50. The Morgan fingerprint density at radius 1 is 1.06 bits per heavy atom. The first-order valence-electron chi connectivity index (χ1n) is 7.11. The molecular formula is C13H26N2O2S. The third-order valence-electron chi connectivity index (χ3n) is 4.70. The fourth-order valence-electron chi connectivity index (χ4n) is 3.39. The molecule has 0 amide bonds. The molecule has 0 bridgehead atoms. The Morgan fingerprint density at radius 3 is 2.28 bits per heavy atom. The predicted molar refractivity (Wildman–Crippen MR) is 74.5 cm³/mol. The largest absolute Gasteiger partial charge is 0.317 e. The van der Waals surface area contributed by atoms with E-state index in [9.17, 15) is 8.42 Å². The van der Waals surface area contributed by atoms with Crippen LogP contribution in [-0.2, 0) is 9.84 Å². The molecule has 2 rings (SSSR count). The number of rotatable bonds is 3. The molecule has 1 aliphatic heterocycles. The summed E-state index contributed by atoms with van der Waals surface area (Å²) in [5.74, 6) is 0.763. The van der Waals surface area contributed by atoms with Crippen LogP contribution in [0.5, 0.6) is 0 Å². The Kier molecular flexibility index (Phi) is 4.67. The van der Waals surface area contributed by atoms with Gasteiger partial charge in [0, 0.05) is 18.1 Å². The van der Waals surface area contributed by atoms with Gasteiger partial charge in [-0.15, -0.1) is 0 Å². The highest BCUT2D eigenvalue weighted by Crippen LogP contribution is 2.26. The predicted octanol–water partition coefficient (Wildman–Crippen LogP) is 1.03. The molecule has 4 nitrogen and oxygen atoms in total. The second-order valence-electron chi connectivity index (χ2n) is 5.87. The quantitative estimate of drug-likeness (QED) is 0.835. The fourth-order valence-corrected chi connectivity index (χ4v) is 5.15. The van der Waals surface area contributed by atoms with Crippen LogP contribution in [0.15, 0.2) is 0 Å². The lowest BCUT2D eigenvalue weighted by molar-refractivity contribution is 0.130. The summed E-state index contributed by atoms with van der Waals surface area (Å²) < 4.78 is 23.4. The van der Waals surface area contributed by atoms with Crippen LogP contribution in [0, 0.1) is 0 Å². The summed E-state index contributed by atoms with van der Waals surface area (Å²) in [6.07, 6.45) is 6.69. The zero-order chi connectivity index (χ0) is 13.2. The maximum Gasteiger partial charge on any atom is 0.151 e. The Bertz CT molecular complexity index is 361. The van der Waals surface area contributed by atoms with E-state index < -0.39 is 9.84 Å². The highest BCUT2D eigenvalue weighted by molar-refractivity contribution is 7.91. The average Bonchev–Trinajstić information content (AvgIpc) is 2.37. The van der Waals surface area contributed by atoms with E-state index in [1.807, 2.05) is 7.05 Å². The summed E-state index contributed by atoms with van der Waals surface area (Å²) in [6.45, 7) is 0. The van der Waals surface area contributed by atoms with Crippen molar-refractivity contribution in [3.05, 3.63) is 0 Å². The molecule has 18 heavy (non-hydrogen) atoms. The number of hydrogen-bond donors (Lipinski definition) is 1. The molecule has 0 aromatic heterocycles. The lowest BCUT2D eigenvalue weighted by Crippen LogP contribution is -2.48. The lowest BCUT2D eigenvalue weighted by atomic mass is 9.89. The average molecular weight is 274 g/mol. The van der Waals surface area contributed by atoms with Gasteiger partial charge in [-0.05, 0) is 52.6 Å². The van der Waals surface area contributed by atoms with E-state index in [0.29, 0.717) is 23.6 Å². The Hall–Kier alpha value is -0.130. The van der Waals surface area contributed by atoms with Crippen molar-refractivity contribution in [1.29, 1.82) is 0 Å². The summed E-state index contributed by atoms with van der Waals surface area (Å²) >= 11 is 0. The molecule has 2 fully saturated rings. The van der Waals surface area contributed by atoms with Gasteiger partial charge >= 0.3 is 0 Å². The number of nitrogens with zero attached hydrogens (tertiary/aromatic N) is 1. The molecule has 1 saturated carbocycles. The van der Waals surface area contributed by atoms with Crippen molar-refractivity contribution in [3.63, 3.8) is 0 Å². The van der Waals surface area contributed by atoms with E-state index in [1.165, 1.54) is 25.7 Å². The van der Waals surface area contributed by atoms with Crippen molar-refractivity contribution < 1.29 is 8.42 Å². The zero-order valence-corrected chi connectivity index (χ0v) is 12.4. The molecule has 5 heteroatoms. The Labute approximate surface area is 111 Å². The molecule has 2 aliphatic rings. The summed E-state index contributed by atoms with van der Waals surface area (Å²) in [5, 5.41) is 3.34. The van der Waals surface area contributed by atoms with Gasteiger partial charge < -0.3 is 5.32 Å². The van der Waals surface area contributed by atoms with Crippen LogP contribution in [0.25, 0.3) is 0 Å². The van der Waals surface area contributed by atoms with E-state index in [1.54, 1.807) is 0 Å². The summed E-state index contributed by atoms with van der Waals surface area (Å²) in [4.78, 5) is 2.35. The van der Waals surface area contributed by atoms with Gasteiger partial charge in [-0.25, -0.2) is 8.42 Å². The minimum atomic E-state index is -2.79. The molecule has 1 atom stereocenters. The molecule has 0 aromatic rings. The molecule has 1 saturated heterocycles. The van der Waals surface area contributed by atoms with E-state index in [-0.39, 0.29) is 6.04 Å². The first-order chi connectivity index (χ1) is 8.52. The maximum atomic E-state index is 11.7. The number of sulfone groups is 1. The molecule has 106 valence electrons. The van der Waals surface area contributed by atoms with Crippen molar-refractivity contribution >= 4 is 9.84 Å². The highest BCUT2D eigenvalue weighted by atomic mass is 32.2. The minimum Gasteiger partial charge on any atom is -0.317 e. The van der Waals surface area contributed by atoms with Crippen molar-refractivity contribution in [1.82, 2.24) is 10.2 Å². The molecule has 0 radical (unpaired) electrons. The molecule has 0 spiro atoms. The van der Waals surface area contributed by atoms with Crippen molar-refractivity contribution in [2.24, 2.45) is 0 Å². The monoisotopic (exact) mass is 274 g/mol. The maximum absolute atomic E-state index is 11.7. The van der Waals surface area contributed by atoms with Gasteiger partial charge in [0.25, 0.3) is 0 Å². The van der Waals surface area contributed by atoms with Gasteiger partial charge in [0.2, 0.25) is 0 Å². The standard InChI is InChI=1S/C13H26N2O2S/c1-14-11-5-7-12(8-6-11)15(2)13-4-3-9-18(16,17)10-13/h11-14H,3-10H2,1-2H3. The van der Waals surface area contributed by atoms with Gasteiger partial charge in [0.1, 0.15) is 0 Å². The van der Waals surface area contributed by atoms with E-state index in [2.05, 4.69) is 17.3 Å². The highest BCUT2D eigenvalue weighted by Gasteiger charge is 2.32. The smallest absolute Gasteiger partial charge is 0.151 e. The first kappa shape index (κ1) is 14.3. The molecule has 0 aromatic carbocycles. The number of hydrogen-bond acceptors (Lipinski definition) is 4. The first-order valence-corrected chi connectivity index (χ1v) is 8.93. The van der Waals surface area contributed by atoms with Gasteiger partial charge in [0.05, 0.1) is 11.5 Å². The molecule has 1 heterocycles. The van der Waals surface area contributed by atoms with Crippen molar-refractivity contribution in [2.75, 3.05) is 25.6 Å². The van der Waals surface area contributed by atoms with Crippen LogP contribution >= 0.6 is 0 Å². The second-order valence-corrected chi connectivity index (χ2v) is 8.10. The second kappa shape index (κ2) is 5.88.